The zero-order chi connectivity index (χ0) is 12.7. The minimum Gasteiger partial charge on any atom is -0.388 e. The zero-order valence-electron chi connectivity index (χ0n) is 11.1. The van der Waals surface area contributed by atoms with Crippen molar-refractivity contribution in [3.63, 3.8) is 0 Å². The molecule has 0 radical (unpaired) electrons. The van der Waals surface area contributed by atoms with E-state index in [1.807, 2.05) is 17.8 Å². The van der Waals surface area contributed by atoms with Gasteiger partial charge in [-0.15, -0.1) is 0 Å². The predicted molar refractivity (Wildman–Crippen MR) is 67.8 cm³/mol. The van der Waals surface area contributed by atoms with Crippen molar-refractivity contribution < 1.29 is 9.84 Å². The van der Waals surface area contributed by atoms with E-state index in [1.54, 1.807) is 6.20 Å². The molecule has 1 aromatic rings. The van der Waals surface area contributed by atoms with Gasteiger partial charge in [-0.2, -0.15) is 5.10 Å². The highest BCUT2D eigenvalue weighted by molar-refractivity contribution is 5.07. The van der Waals surface area contributed by atoms with E-state index < -0.39 is 6.10 Å². The minimum absolute atomic E-state index is 0.398. The van der Waals surface area contributed by atoms with E-state index in [0.29, 0.717) is 12.5 Å². The lowest BCUT2D eigenvalue weighted by atomic mass is 10.1. The third-order valence-electron chi connectivity index (χ3n) is 2.73. The first-order valence-corrected chi connectivity index (χ1v) is 6.41. The lowest BCUT2D eigenvalue weighted by molar-refractivity contribution is 0.114. The van der Waals surface area contributed by atoms with Crippen molar-refractivity contribution in [2.45, 2.75) is 46.3 Å². The Hall–Kier alpha value is -0.870. The number of aliphatic hydroxyl groups excluding tert-OH is 1. The summed E-state index contributed by atoms with van der Waals surface area (Å²) in [6.45, 7) is 8.57. The maximum absolute atomic E-state index is 9.63. The number of hydrogen-bond donors (Lipinski definition) is 1. The number of aromatic nitrogens is 2. The van der Waals surface area contributed by atoms with Crippen LogP contribution < -0.4 is 0 Å². The lowest BCUT2D eigenvalue weighted by Gasteiger charge is -2.06. The summed E-state index contributed by atoms with van der Waals surface area (Å²) < 4.78 is 7.34. The van der Waals surface area contributed by atoms with Crippen molar-refractivity contribution in [1.29, 1.82) is 0 Å². The Labute approximate surface area is 104 Å². The molecule has 98 valence electrons. The molecule has 0 aliphatic rings. The minimum atomic E-state index is -0.398. The standard InChI is InChI=1S/C13H24N2O2/c1-4-13(16)12-9-14-15(10-12)6-8-17-7-5-11(2)3/h9-11,13,16H,4-8H2,1-3H3. The van der Waals surface area contributed by atoms with Crippen LogP contribution in [0.3, 0.4) is 0 Å². The normalized spacial score (nSPS) is 13.2. The highest BCUT2D eigenvalue weighted by Gasteiger charge is 2.07. The summed E-state index contributed by atoms with van der Waals surface area (Å²) in [5, 5.41) is 13.8. The van der Waals surface area contributed by atoms with E-state index in [0.717, 1.165) is 31.6 Å². The first kappa shape index (κ1) is 14.2. The highest BCUT2D eigenvalue weighted by Crippen LogP contribution is 2.14. The first-order valence-electron chi connectivity index (χ1n) is 6.41. The molecule has 0 bridgehead atoms. The molecule has 0 aliphatic heterocycles. The maximum Gasteiger partial charge on any atom is 0.0817 e. The monoisotopic (exact) mass is 240 g/mol. The summed E-state index contributed by atoms with van der Waals surface area (Å²) in [4.78, 5) is 0. The number of rotatable bonds is 8. The smallest absolute Gasteiger partial charge is 0.0817 e. The Bertz CT molecular complexity index is 310. The van der Waals surface area contributed by atoms with Crippen LogP contribution in [-0.4, -0.2) is 28.1 Å². The van der Waals surface area contributed by atoms with Gasteiger partial charge in [-0.05, 0) is 18.8 Å². The van der Waals surface area contributed by atoms with Gasteiger partial charge in [-0.25, -0.2) is 0 Å². The van der Waals surface area contributed by atoms with Crippen LogP contribution in [0.2, 0.25) is 0 Å². The molecule has 1 unspecified atom stereocenters. The second-order valence-corrected chi connectivity index (χ2v) is 4.76. The predicted octanol–water partition coefficient (Wildman–Crippen LogP) is 2.39. The van der Waals surface area contributed by atoms with Crippen LogP contribution in [0.5, 0.6) is 0 Å². The van der Waals surface area contributed by atoms with Crippen molar-refractivity contribution in [1.82, 2.24) is 9.78 Å². The largest absolute Gasteiger partial charge is 0.388 e. The van der Waals surface area contributed by atoms with E-state index in [4.69, 9.17) is 4.74 Å². The maximum atomic E-state index is 9.63. The van der Waals surface area contributed by atoms with Gasteiger partial charge < -0.3 is 9.84 Å². The number of aliphatic hydroxyl groups is 1. The third-order valence-corrected chi connectivity index (χ3v) is 2.73. The summed E-state index contributed by atoms with van der Waals surface area (Å²) in [5.41, 5.74) is 0.884. The van der Waals surface area contributed by atoms with E-state index in [-0.39, 0.29) is 0 Å². The van der Waals surface area contributed by atoms with Gasteiger partial charge in [0.2, 0.25) is 0 Å². The van der Waals surface area contributed by atoms with Crippen LogP contribution in [0, 0.1) is 5.92 Å². The van der Waals surface area contributed by atoms with Gasteiger partial charge in [0, 0.05) is 18.4 Å². The first-order chi connectivity index (χ1) is 8.13. The van der Waals surface area contributed by atoms with Gasteiger partial charge in [-0.3, -0.25) is 4.68 Å². The molecule has 0 aromatic carbocycles. The van der Waals surface area contributed by atoms with E-state index >= 15 is 0 Å². The number of hydrogen-bond acceptors (Lipinski definition) is 3. The molecule has 0 amide bonds. The fraction of sp³-hybridized carbons (Fsp3) is 0.769. The van der Waals surface area contributed by atoms with E-state index in [2.05, 4.69) is 18.9 Å². The average Bonchev–Trinajstić information content (AvgIpc) is 2.76. The molecule has 1 rings (SSSR count). The molecule has 4 nitrogen and oxygen atoms in total. The van der Waals surface area contributed by atoms with Crippen molar-refractivity contribution in [2.24, 2.45) is 5.92 Å². The van der Waals surface area contributed by atoms with Crippen LogP contribution in [0.1, 0.15) is 45.3 Å². The Morgan fingerprint density at radius 3 is 2.82 bits per heavy atom. The topological polar surface area (TPSA) is 47.3 Å². The molecule has 0 saturated carbocycles. The lowest BCUT2D eigenvalue weighted by Crippen LogP contribution is -2.08. The Kier molecular flexibility index (Phi) is 6.22. The Balaban J connectivity index is 2.21. The summed E-state index contributed by atoms with van der Waals surface area (Å²) in [5.74, 6) is 0.686. The second-order valence-electron chi connectivity index (χ2n) is 4.76. The van der Waals surface area contributed by atoms with Crippen LogP contribution in [0.15, 0.2) is 12.4 Å². The second kappa shape index (κ2) is 7.45. The summed E-state index contributed by atoms with van der Waals surface area (Å²) in [6.07, 6.45) is 5.03. The summed E-state index contributed by atoms with van der Waals surface area (Å²) in [6, 6.07) is 0. The van der Waals surface area contributed by atoms with Crippen LogP contribution in [0.4, 0.5) is 0 Å². The fourth-order valence-corrected chi connectivity index (χ4v) is 1.49. The molecular formula is C13H24N2O2. The molecule has 0 spiro atoms. The SMILES string of the molecule is CCC(O)c1cnn(CCOCCC(C)C)c1. The third kappa shape index (κ3) is 5.33. The van der Waals surface area contributed by atoms with Gasteiger partial charge in [0.25, 0.3) is 0 Å². The van der Waals surface area contributed by atoms with Crippen molar-refractivity contribution >= 4 is 0 Å². The van der Waals surface area contributed by atoms with Gasteiger partial charge in [0.1, 0.15) is 0 Å². The Morgan fingerprint density at radius 2 is 2.18 bits per heavy atom. The van der Waals surface area contributed by atoms with Crippen LogP contribution in [-0.2, 0) is 11.3 Å². The molecule has 4 heteroatoms. The number of ether oxygens (including phenoxy) is 1. The van der Waals surface area contributed by atoms with Gasteiger partial charge in [-0.1, -0.05) is 20.8 Å². The highest BCUT2D eigenvalue weighted by atomic mass is 16.5. The van der Waals surface area contributed by atoms with Gasteiger partial charge in [0.05, 0.1) is 25.5 Å². The molecule has 17 heavy (non-hydrogen) atoms. The summed E-state index contributed by atoms with van der Waals surface area (Å²) in [7, 11) is 0. The Morgan fingerprint density at radius 1 is 1.41 bits per heavy atom. The zero-order valence-corrected chi connectivity index (χ0v) is 11.1. The molecular weight excluding hydrogens is 216 g/mol. The van der Waals surface area contributed by atoms with E-state index in [1.165, 1.54) is 0 Å². The molecule has 1 heterocycles. The van der Waals surface area contributed by atoms with Gasteiger partial charge in [0.15, 0.2) is 0 Å². The van der Waals surface area contributed by atoms with Crippen molar-refractivity contribution in [3.05, 3.63) is 18.0 Å². The molecule has 1 atom stereocenters. The quantitative estimate of drug-likeness (QED) is 0.710. The van der Waals surface area contributed by atoms with Crippen LogP contribution >= 0.6 is 0 Å². The van der Waals surface area contributed by atoms with Crippen LogP contribution in [0.25, 0.3) is 0 Å². The van der Waals surface area contributed by atoms with Gasteiger partial charge >= 0.3 is 0 Å². The average molecular weight is 240 g/mol. The molecule has 0 fully saturated rings. The molecule has 0 aliphatic carbocycles. The summed E-state index contributed by atoms with van der Waals surface area (Å²) >= 11 is 0. The van der Waals surface area contributed by atoms with Crippen molar-refractivity contribution in [2.75, 3.05) is 13.2 Å². The molecule has 0 saturated heterocycles. The fourth-order valence-electron chi connectivity index (χ4n) is 1.49. The van der Waals surface area contributed by atoms with Crippen molar-refractivity contribution in [3.8, 4) is 0 Å². The molecule has 1 aromatic heterocycles. The van der Waals surface area contributed by atoms with E-state index in [9.17, 15) is 5.11 Å². The molecule has 1 N–H and O–H groups in total. The number of nitrogens with zero attached hydrogens (tertiary/aromatic N) is 2.